The van der Waals surface area contributed by atoms with Gasteiger partial charge < -0.3 is 0 Å². The summed E-state index contributed by atoms with van der Waals surface area (Å²) in [5.41, 5.74) is 0. The van der Waals surface area contributed by atoms with Gasteiger partial charge in [-0.2, -0.15) is 0 Å². The van der Waals surface area contributed by atoms with Gasteiger partial charge in [-0.1, -0.05) is 18.6 Å². The third kappa shape index (κ3) is 2.96. The van der Waals surface area contributed by atoms with E-state index in [0.717, 1.165) is 12.8 Å². The Morgan fingerprint density at radius 1 is 1.50 bits per heavy atom. The van der Waals surface area contributed by atoms with Crippen LogP contribution in [0.5, 0.6) is 0 Å². The van der Waals surface area contributed by atoms with Crippen LogP contribution in [0.2, 0.25) is 0 Å². The molecule has 0 amide bonds. The summed E-state index contributed by atoms with van der Waals surface area (Å²) in [6.45, 7) is 3.75. The van der Waals surface area contributed by atoms with Crippen LogP contribution in [0.1, 0.15) is 26.7 Å². The molecule has 0 aromatic carbocycles. The standard InChI is InChI=1S/C5H13NO2/c1-3-4-5(2)6(7)8/h5,7-8H,3-4H2,1-2H3. The van der Waals surface area contributed by atoms with Gasteiger partial charge in [0.05, 0.1) is 6.04 Å². The minimum atomic E-state index is -0.139. The van der Waals surface area contributed by atoms with E-state index in [1.165, 1.54) is 0 Å². The van der Waals surface area contributed by atoms with Gasteiger partial charge in [-0.25, -0.2) is 0 Å². The third-order valence-electron chi connectivity index (χ3n) is 1.10. The molecule has 0 heterocycles. The first kappa shape index (κ1) is 7.88. The van der Waals surface area contributed by atoms with Gasteiger partial charge in [0, 0.05) is 0 Å². The average molecular weight is 119 g/mol. The SMILES string of the molecule is CCCC(C)N(O)O. The summed E-state index contributed by atoms with van der Waals surface area (Å²) in [4.78, 5) is 0. The molecular weight excluding hydrogens is 106 g/mol. The molecule has 0 radical (unpaired) electrons. The summed E-state index contributed by atoms with van der Waals surface area (Å²) < 4.78 is 0. The van der Waals surface area contributed by atoms with Crippen molar-refractivity contribution < 1.29 is 10.4 Å². The quantitative estimate of drug-likeness (QED) is 0.549. The average Bonchev–Trinajstić information content (AvgIpc) is 1.67. The summed E-state index contributed by atoms with van der Waals surface area (Å²) in [6.07, 6.45) is 1.78. The maximum Gasteiger partial charge on any atom is 0.0595 e. The molecule has 0 aliphatic carbocycles. The zero-order valence-electron chi connectivity index (χ0n) is 5.33. The van der Waals surface area contributed by atoms with Crippen LogP contribution < -0.4 is 0 Å². The molecule has 1 atom stereocenters. The first-order valence-electron chi connectivity index (χ1n) is 2.85. The van der Waals surface area contributed by atoms with Gasteiger partial charge >= 0.3 is 0 Å². The Morgan fingerprint density at radius 2 is 2.00 bits per heavy atom. The molecule has 1 unspecified atom stereocenters. The molecule has 0 bridgehead atoms. The van der Waals surface area contributed by atoms with Crippen LogP contribution in [0.15, 0.2) is 0 Å². The van der Waals surface area contributed by atoms with Crippen LogP contribution in [-0.4, -0.2) is 21.7 Å². The van der Waals surface area contributed by atoms with Crippen molar-refractivity contribution in [1.29, 1.82) is 0 Å². The lowest BCUT2D eigenvalue weighted by molar-refractivity contribution is -0.329. The summed E-state index contributed by atoms with van der Waals surface area (Å²) >= 11 is 0. The van der Waals surface area contributed by atoms with Gasteiger partial charge in [0.15, 0.2) is 0 Å². The second kappa shape index (κ2) is 3.83. The molecule has 0 aliphatic heterocycles. The second-order valence-electron chi connectivity index (χ2n) is 1.96. The molecule has 50 valence electrons. The fourth-order valence-corrected chi connectivity index (χ4v) is 0.533. The van der Waals surface area contributed by atoms with Crippen molar-refractivity contribution in [3.05, 3.63) is 0 Å². The Morgan fingerprint density at radius 3 is 2.12 bits per heavy atom. The molecule has 0 aromatic heterocycles. The van der Waals surface area contributed by atoms with Crippen LogP contribution >= 0.6 is 0 Å². The van der Waals surface area contributed by atoms with Gasteiger partial charge in [0.2, 0.25) is 0 Å². The van der Waals surface area contributed by atoms with Crippen LogP contribution in [0.3, 0.4) is 0 Å². The summed E-state index contributed by atoms with van der Waals surface area (Å²) in [5.74, 6) is 0. The molecule has 0 spiro atoms. The minimum Gasteiger partial charge on any atom is -0.289 e. The maximum absolute atomic E-state index is 8.34. The lowest BCUT2D eigenvalue weighted by Crippen LogP contribution is -2.25. The third-order valence-corrected chi connectivity index (χ3v) is 1.10. The zero-order chi connectivity index (χ0) is 6.57. The number of hydrogen-bond donors (Lipinski definition) is 2. The molecule has 0 saturated carbocycles. The maximum atomic E-state index is 8.34. The molecule has 3 nitrogen and oxygen atoms in total. The molecule has 0 aromatic rings. The number of nitrogens with zero attached hydrogens (tertiary/aromatic N) is 1. The largest absolute Gasteiger partial charge is 0.289 e. The highest BCUT2D eigenvalue weighted by molar-refractivity contribution is 4.49. The highest BCUT2D eigenvalue weighted by Crippen LogP contribution is 1.99. The molecular formula is C5H13NO2. The minimum absolute atomic E-state index is 0.139. The van der Waals surface area contributed by atoms with E-state index >= 15 is 0 Å². The number of hydrogen-bond acceptors (Lipinski definition) is 3. The zero-order valence-corrected chi connectivity index (χ0v) is 5.33. The van der Waals surface area contributed by atoms with Crippen LogP contribution in [0.4, 0.5) is 0 Å². The van der Waals surface area contributed by atoms with Gasteiger partial charge in [-0.15, -0.1) is 0 Å². The Hall–Kier alpha value is -0.120. The van der Waals surface area contributed by atoms with Gasteiger partial charge in [0.25, 0.3) is 0 Å². The molecule has 0 aliphatic rings. The predicted octanol–water partition coefficient (Wildman–Crippen LogP) is 1.26. The van der Waals surface area contributed by atoms with Crippen LogP contribution in [0, 0.1) is 0 Å². The summed E-state index contributed by atoms with van der Waals surface area (Å²) in [7, 11) is 0. The lowest BCUT2D eigenvalue weighted by atomic mass is 10.2. The van der Waals surface area contributed by atoms with Crippen LogP contribution in [0.25, 0.3) is 0 Å². The molecule has 8 heavy (non-hydrogen) atoms. The Bertz CT molecular complexity index is 56.4. The first-order valence-corrected chi connectivity index (χ1v) is 2.85. The number of rotatable bonds is 3. The van der Waals surface area contributed by atoms with Crippen LogP contribution in [-0.2, 0) is 0 Å². The first-order chi connectivity index (χ1) is 3.68. The highest BCUT2D eigenvalue weighted by Gasteiger charge is 2.04. The normalized spacial score (nSPS) is 14.6. The van der Waals surface area contributed by atoms with E-state index in [0.29, 0.717) is 0 Å². The van der Waals surface area contributed by atoms with Gasteiger partial charge in [0.1, 0.15) is 0 Å². The Kier molecular flexibility index (Phi) is 3.77. The monoisotopic (exact) mass is 119 g/mol. The Labute approximate surface area is 49.5 Å². The fraction of sp³-hybridized carbons (Fsp3) is 1.00. The molecule has 0 fully saturated rings. The fourth-order valence-electron chi connectivity index (χ4n) is 0.533. The van der Waals surface area contributed by atoms with Crippen molar-refractivity contribution in [3.63, 3.8) is 0 Å². The predicted molar refractivity (Wildman–Crippen MR) is 29.8 cm³/mol. The Balaban J connectivity index is 3.17. The van der Waals surface area contributed by atoms with E-state index < -0.39 is 0 Å². The molecule has 2 N–H and O–H groups in total. The molecule has 3 heteroatoms. The van der Waals surface area contributed by atoms with E-state index in [2.05, 4.69) is 0 Å². The van der Waals surface area contributed by atoms with E-state index in [9.17, 15) is 0 Å². The highest BCUT2D eigenvalue weighted by atomic mass is 16.8. The van der Waals surface area contributed by atoms with Gasteiger partial charge in [-0.05, 0) is 13.3 Å². The lowest BCUT2D eigenvalue weighted by Gasteiger charge is -2.13. The van der Waals surface area contributed by atoms with E-state index in [1.54, 1.807) is 6.92 Å². The van der Waals surface area contributed by atoms with Crippen molar-refractivity contribution in [2.75, 3.05) is 0 Å². The summed E-state index contributed by atoms with van der Waals surface area (Å²) in [5, 5.41) is 16.9. The molecule has 0 rings (SSSR count). The summed E-state index contributed by atoms with van der Waals surface area (Å²) in [6, 6.07) is -0.139. The topological polar surface area (TPSA) is 43.7 Å². The number of hydroxylamine groups is 2. The van der Waals surface area contributed by atoms with Crippen molar-refractivity contribution in [2.24, 2.45) is 0 Å². The smallest absolute Gasteiger partial charge is 0.0595 e. The van der Waals surface area contributed by atoms with E-state index in [-0.39, 0.29) is 11.3 Å². The van der Waals surface area contributed by atoms with E-state index in [4.69, 9.17) is 10.4 Å². The van der Waals surface area contributed by atoms with Crippen molar-refractivity contribution in [2.45, 2.75) is 32.7 Å². The molecule has 0 saturated heterocycles. The van der Waals surface area contributed by atoms with Gasteiger partial charge in [-0.3, -0.25) is 10.4 Å². The van der Waals surface area contributed by atoms with E-state index in [1.807, 2.05) is 6.92 Å². The second-order valence-corrected chi connectivity index (χ2v) is 1.96. The van der Waals surface area contributed by atoms with Crippen molar-refractivity contribution in [1.82, 2.24) is 5.23 Å². The van der Waals surface area contributed by atoms with Crippen molar-refractivity contribution in [3.8, 4) is 0 Å². The van der Waals surface area contributed by atoms with Crippen molar-refractivity contribution >= 4 is 0 Å².